The van der Waals surface area contributed by atoms with Crippen molar-refractivity contribution in [3.8, 4) is 6.01 Å². The highest BCUT2D eigenvalue weighted by molar-refractivity contribution is 5.97. The molecule has 3 aliphatic rings. The minimum atomic E-state index is -1.01. The number of ether oxygens (including phenoxy) is 2. The first-order chi connectivity index (χ1) is 21.8. The number of rotatable bonds is 8. The van der Waals surface area contributed by atoms with Crippen molar-refractivity contribution in [3.05, 3.63) is 77.0 Å². The van der Waals surface area contributed by atoms with Crippen molar-refractivity contribution in [1.29, 1.82) is 0 Å². The second-order valence-electron chi connectivity index (χ2n) is 12.2. The van der Waals surface area contributed by atoms with Crippen LogP contribution in [0.15, 0.2) is 48.8 Å². The molecular formula is C34H40FN7O3. The summed E-state index contributed by atoms with van der Waals surface area (Å²) in [6, 6.07) is 12.8. The van der Waals surface area contributed by atoms with Crippen LogP contribution >= 0.6 is 0 Å². The van der Waals surface area contributed by atoms with Crippen LogP contribution in [0.5, 0.6) is 6.01 Å². The van der Waals surface area contributed by atoms with Crippen LogP contribution in [-0.4, -0.2) is 104 Å². The summed E-state index contributed by atoms with van der Waals surface area (Å²) in [5.74, 6) is -1.00. The van der Waals surface area contributed by atoms with Crippen molar-refractivity contribution < 1.29 is 18.7 Å². The van der Waals surface area contributed by atoms with Crippen LogP contribution in [0, 0.1) is 13.5 Å². The molecule has 6 rings (SSSR count). The molecule has 45 heavy (non-hydrogen) atoms. The monoisotopic (exact) mass is 613 g/mol. The Bertz CT molecular complexity index is 1640. The van der Waals surface area contributed by atoms with E-state index >= 15 is 0 Å². The standard InChI is InChI=1S/C34H40FN7O3/c1-22-8-6-9-24-10-7-11-30(31(22)24)40-13-12-28-29(20-40)37-34(45-21-25-16-27(44-5)19-39(25)4)38-32(28)41-14-15-42(33(43)23(2)35)26(18-41)17-36-3/h6-11,25-27H,2,12-21H2,1,4-5H3/t25-,26+,27-/m1/s1. The number of nitrogens with zero attached hydrogens (tertiary/aromatic N) is 7. The molecule has 2 saturated heterocycles. The van der Waals surface area contributed by atoms with E-state index in [4.69, 9.17) is 26.0 Å². The van der Waals surface area contributed by atoms with Crippen molar-refractivity contribution in [2.75, 3.05) is 69.8 Å². The summed E-state index contributed by atoms with van der Waals surface area (Å²) < 4.78 is 25.7. The third-order valence-corrected chi connectivity index (χ3v) is 9.42. The number of fused-ring (bicyclic) bond motifs is 2. The Morgan fingerprint density at radius 3 is 2.64 bits per heavy atom. The number of aromatic nitrogens is 2. The molecule has 0 unspecified atom stereocenters. The van der Waals surface area contributed by atoms with Crippen LogP contribution in [0.1, 0.15) is 23.2 Å². The number of halogens is 1. The van der Waals surface area contributed by atoms with Crippen LogP contribution in [0.2, 0.25) is 0 Å². The van der Waals surface area contributed by atoms with E-state index in [2.05, 4.69) is 76.5 Å². The molecular weight excluding hydrogens is 573 g/mol. The molecule has 1 aromatic heterocycles. The molecule has 3 aromatic rings. The van der Waals surface area contributed by atoms with E-state index in [-0.39, 0.29) is 25.2 Å². The summed E-state index contributed by atoms with van der Waals surface area (Å²) in [4.78, 5) is 34.2. The molecule has 236 valence electrons. The number of carbonyl (C=O) groups excluding carboxylic acids is 1. The zero-order chi connectivity index (χ0) is 31.7. The fourth-order valence-electron chi connectivity index (χ4n) is 6.99. The molecule has 3 atom stereocenters. The van der Waals surface area contributed by atoms with Crippen LogP contribution in [0.3, 0.4) is 0 Å². The largest absolute Gasteiger partial charge is 0.462 e. The number of hydrogen-bond donors (Lipinski definition) is 0. The number of aryl methyl sites for hydroxylation is 1. The topological polar surface area (TPSA) is 78.6 Å². The Kier molecular flexibility index (Phi) is 8.88. The highest BCUT2D eigenvalue weighted by Gasteiger charge is 2.37. The van der Waals surface area contributed by atoms with E-state index in [0.29, 0.717) is 32.3 Å². The van der Waals surface area contributed by atoms with Crippen molar-refractivity contribution in [2.24, 2.45) is 0 Å². The van der Waals surface area contributed by atoms with Gasteiger partial charge in [0.05, 0.1) is 18.3 Å². The molecule has 0 saturated carbocycles. The number of methoxy groups -OCH3 is 1. The molecule has 1 amide bonds. The van der Waals surface area contributed by atoms with Gasteiger partial charge in [0.1, 0.15) is 18.5 Å². The van der Waals surface area contributed by atoms with Gasteiger partial charge >= 0.3 is 6.01 Å². The Labute approximate surface area is 263 Å². The van der Waals surface area contributed by atoms with Crippen LogP contribution < -0.4 is 14.5 Å². The molecule has 11 heteroatoms. The molecule has 2 aromatic carbocycles. The Morgan fingerprint density at radius 1 is 1.11 bits per heavy atom. The minimum Gasteiger partial charge on any atom is -0.462 e. The molecule has 0 bridgehead atoms. The van der Waals surface area contributed by atoms with Crippen LogP contribution in [0.4, 0.5) is 15.9 Å². The van der Waals surface area contributed by atoms with Gasteiger partial charge < -0.3 is 29.0 Å². The summed E-state index contributed by atoms with van der Waals surface area (Å²) in [6.07, 6.45) is 1.76. The number of likely N-dealkylation sites (tertiary alicyclic amines) is 1. The Hall–Kier alpha value is -4.27. The normalized spacial score (nSPS) is 21.9. The highest BCUT2D eigenvalue weighted by Crippen LogP contribution is 2.36. The number of anilines is 2. The van der Waals surface area contributed by atoms with Gasteiger partial charge in [0.15, 0.2) is 5.83 Å². The zero-order valence-corrected chi connectivity index (χ0v) is 26.2. The summed E-state index contributed by atoms with van der Waals surface area (Å²) >= 11 is 0. The smallest absolute Gasteiger partial charge is 0.318 e. The van der Waals surface area contributed by atoms with Gasteiger partial charge in [0, 0.05) is 62.5 Å². The number of amides is 1. The van der Waals surface area contributed by atoms with E-state index in [1.54, 1.807) is 7.11 Å². The van der Waals surface area contributed by atoms with Gasteiger partial charge in [-0.25, -0.2) is 11.0 Å². The third kappa shape index (κ3) is 6.17. The van der Waals surface area contributed by atoms with E-state index in [0.717, 1.165) is 43.0 Å². The second-order valence-corrected chi connectivity index (χ2v) is 12.2. The number of hydrogen-bond acceptors (Lipinski definition) is 8. The van der Waals surface area contributed by atoms with E-state index < -0.39 is 17.8 Å². The summed E-state index contributed by atoms with van der Waals surface area (Å²) in [7, 11) is 3.81. The van der Waals surface area contributed by atoms with Gasteiger partial charge in [-0.15, -0.1) is 0 Å². The number of likely N-dealkylation sites (N-methyl/N-ethyl adjacent to an activating group) is 1. The zero-order valence-electron chi connectivity index (χ0n) is 26.2. The van der Waals surface area contributed by atoms with E-state index in [9.17, 15) is 9.18 Å². The average Bonchev–Trinajstić information content (AvgIpc) is 3.42. The van der Waals surface area contributed by atoms with Crippen LogP contribution in [0.25, 0.3) is 15.6 Å². The number of piperazine rings is 1. The molecule has 4 heterocycles. The summed E-state index contributed by atoms with van der Waals surface area (Å²) in [6.45, 7) is 16.6. The Balaban J connectivity index is 1.33. The molecule has 2 fully saturated rings. The highest BCUT2D eigenvalue weighted by atomic mass is 19.1. The third-order valence-electron chi connectivity index (χ3n) is 9.42. The van der Waals surface area contributed by atoms with Gasteiger partial charge in [-0.2, -0.15) is 9.97 Å². The lowest BCUT2D eigenvalue weighted by Gasteiger charge is -2.41. The van der Waals surface area contributed by atoms with Gasteiger partial charge in [-0.05, 0) is 43.8 Å². The van der Waals surface area contributed by atoms with Gasteiger partial charge in [-0.1, -0.05) is 36.9 Å². The maximum absolute atomic E-state index is 13.8. The minimum absolute atomic E-state index is 0.0645. The first-order valence-corrected chi connectivity index (χ1v) is 15.5. The second kappa shape index (κ2) is 13.0. The van der Waals surface area contributed by atoms with E-state index in [1.807, 2.05) is 0 Å². The maximum Gasteiger partial charge on any atom is 0.318 e. The SMILES string of the molecule is [C-]#[N+]C[C@H]1CN(c2nc(OC[C@H]3C[C@@H](OC)CN3C)nc3c2CCN(c2cccc4cccc(C)c24)C3)CCN1C(=O)C(=C)F. The van der Waals surface area contributed by atoms with Crippen LogP contribution in [-0.2, 0) is 22.5 Å². The number of benzene rings is 2. The van der Waals surface area contributed by atoms with Crippen molar-refractivity contribution in [3.63, 3.8) is 0 Å². The molecule has 10 nitrogen and oxygen atoms in total. The molecule has 0 N–H and O–H groups in total. The first kappa shape index (κ1) is 30.7. The van der Waals surface area contributed by atoms with Crippen molar-refractivity contribution >= 4 is 28.2 Å². The molecule has 0 radical (unpaired) electrons. The average molecular weight is 614 g/mol. The van der Waals surface area contributed by atoms with Crippen molar-refractivity contribution in [2.45, 2.75) is 44.5 Å². The summed E-state index contributed by atoms with van der Waals surface area (Å²) in [5.41, 5.74) is 4.35. The quantitative estimate of drug-likeness (QED) is 0.279. The lowest BCUT2D eigenvalue weighted by molar-refractivity contribution is -0.131. The van der Waals surface area contributed by atoms with E-state index in [1.165, 1.54) is 26.9 Å². The Morgan fingerprint density at radius 2 is 1.91 bits per heavy atom. The van der Waals surface area contributed by atoms with Gasteiger partial charge in [0.2, 0.25) is 6.54 Å². The molecule has 3 aliphatic heterocycles. The molecule has 0 aliphatic carbocycles. The van der Waals surface area contributed by atoms with Gasteiger partial charge in [0.25, 0.3) is 5.91 Å². The lowest BCUT2D eigenvalue weighted by atomic mass is 9.99. The fraction of sp³-hybridized carbons (Fsp3) is 0.471. The maximum atomic E-state index is 13.8. The van der Waals surface area contributed by atoms with Crippen molar-refractivity contribution in [1.82, 2.24) is 19.8 Å². The predicted octanol–water partition coefficient (Wildman–Crippen LogP) is 4.02. The summed E-state index contributed by atoms with van der Waals surface area (Å²) in [5, 5.41) is 2.44. The van der Waals surface area contributed by atoms with Gasteiger partial charge in [-0.3, -0.25) is 9.69 Å². The first-order valence-electron chi connectivity index (χ1n) is 15.5. The molecule has 0 spiro atoms. The predicted molar refractivity (Wildman–Crippen MR) is 172 cm³/mol. The number of carbonyl (C=O) groups is 1. The lowest BCUT2D eigenvalue weighted by Crippen LogP contribution is -2.57. The fourth-order valence-corrected chi connectivity index (χ4v) is 6.99.